The van der Waals surface area contributed by atoms with E-state index in [1.807, 2.05) is 7.05 Å². The van der Waals surface area contributed by atoms with Gasteiger partial charge in [0.05, 0.1) is 0 Å². The van der Waals surface area contributed by atoms with Gasteiger partial charge in [0.2, 0.25) is 0 Å². The summed E-state index contributed by atoms with van der Waals surface area (Å²) in [5.41, 5.74) is 17.9. The van der Waals surface area contributed by atoms with Gasteiger partial charge >= 0.3 is 212 Å². The van der Waals surface area contributed by atoms with E-state index in [-0.39, 0.29) is 11.0 Å². The van der Waals surface area contributed by atoms with Gasteiger partial charge in [-0.25, -0.2) is 0 Å². The van der Waals surface area contributed by atoms with Crippen molar-refractivity contribution in [3.05, 3.63) is 91.0 Å². The van der Waals surface area contributed by atoms with E-state index in [2.05, 4.69) is 124 Å². The summed E-state index contributed by atoms with van der Waals surface area (Å²) in [4.78, 5) is 1.74. The number of benzene rings is 3. The van der Waals surface area contributed by atoms with Crippen LogP contribution in [0.15, 0.2) is 91.0 Å². The molecule has 0 fully saturated rings. The zero-order valence-electron chi connectivity index (χ0n) is 21.9. The molecule has 3 rings (SSSR count). The Morgan fingerprint density at radius 1 is 0.714 bits per heavy atom. The summed E-state index contributed by atoms with van der Waals surface area (Å²) in [6.07, 6.45) is 0.948. The van der Waals surface area contributed by atoms with Gasteiger partial charge in [0.15, 0.2) is 0 Å². The third-order valence-electron chi connectivity index (χ3n) is 6.91. The monoisotopic (exact) mass is 493 g/mol. The fourth-order valence-corrected chi connectivity index (χ4v) is 11.1. The number of nitrogens with one attached hydrogen (secondary N) is 1. The molecular formula is C29H44N5P. The molecule has 0 spiro atoms. The van der Waals surface area contributed by atoms with E-state index in [0.29, 0.717) is 0 Å². The molecule has 3 aromatic rings. The molecule has 0 aliphatic carbocycles. The van der Waals surface area contributed by atoms with E-state index < -0.39 is 19.8 Å². The van der Waals surface area contributed by atoms with E-state index in [1.54, 1.807) is 4.90 Å². The second kappa shape index (κ2) is 11.3. The summed E-state index contributed by atoms with van der Waals surface area (Å²) in [5.74, 6) is 0. The molecule has 0 saturated carbocycles. The average molecular weight is 494 g/mol. The van der Waals surface area contributed by atoms with Crippen molar-refractivity contribution < 1.29 is 0 Å². The Bertz CT molecular complexity index is 942. The third kappa shape index (κ3) is 6.77. The van der Waals surface area contributed by atoms with Gasteiger partial charge in [-0.05, 0) is 0 Å². The molecule has 1 atom stereocenters. The Balaban J connectivity index is 2.05. The molecule has 190 valence electrons. The van der Waals surface area contributed by atoms with Crippen LogP contribution in [0, 0.1) is 5.41 Å². The molecule has 0 amide bonds. The van der Waals surface area contributed by atoms with Crippen LogP contribution in [0.3, 0.4) is 0 Å². The molecule has 0 aliphatic heterocycles. The fourth-order valence-electron chi connectivity index (χ4n) is 5.69. The molecule has 35 heavy (non-hydrogen) atoms. The normalized spacial score (nSPS) is 14.3. The van der Waals surface area contributed by atoms with E-state index >= 15 is 0 Å². The van der Waals surface area contributed by atoms with Crippen LogP contribution in [0.5, 0.6) is 0 Å². The van der Waals surface area contributed by atoms with Crippen LogP contribution in [-0.4, -0.2) is 36.2 Å². The maximum atomic E-state index is 6.39. The summed E-state index contributed by atoms with van der Waals surface area (Å²) in [7, 11) is -0.513. The summed E-state index contributed by atoms with van der Waals surface area (Å²) in [6, 6.07) is 33.3. The van der Waals surface area contributed by atoms with E-state index in [0.717, 1.165) is 12.6 Å². The van der Waals surface area contributed by atoms with Gasteiger partial charge in [0.25, 0.3) is 0 Å². The molecule has 6 heteroatoms. The first-order chi connectivity index (χ1) is 16.5. The number of nitrogens with zero attached hydrogens (tertiary/aromatic N) is 1. The molecule has 5 nitrogen and oxygen atoms in total. The van der Waals surface area contributed by atoms with Crippen LogP contribution in [-0.2, 0) is 0 Å². The standard InChI is InChI=1S/C29H44N5P/c1-28(2,21-29(3,4)33-27(32)34(5)26(30)31)22-35(23-15-9-6-10-16-23,24-17-11-7-12-18-24)25-19-13-8-14-20-25/h6-20,26-27,33,35H,21-22,30-32H2,1-5H3. The molecule has 0 aromatic heterocycles. The predicted octanol–water partition coefficient (Wildman–Crippen LogP) is 2.87. The zero-order chi connectivity index (χ0) is 25.7. The summed E-state index contributed by atoms with van der Waals surface area (Å²) < 4.78 is 0. The minimum absolute atomic E-state index is 0.00731. The molecule has 0 heterocycles. The average Bonchev–Trinajstić information content (AvgIpc) is 2.82. The molecule has 1 unspecified atom stereocenters. The third-order valence-corrected chi connectivity index (χ3v) is 12.4. The van der Waals surface area contributed by atoms with Crippen molar-refractivity contribution in [2.24, 2.45) is 22.6 Å². The second-order valence-corrected chi connectivity index (χ2v) is 15.0. The van der Waals surface area contributed by atoms with Crippen LogP contribution < -0.4 is 38.4 Å². The van der Waals surface area contributed by atoms with Crippen molar-refractivity contribution in [2.45, 2.75) is 52.2 Å². The van der Waals surface area contributed by atoms with Crippen molar-refractivity contribution >= 4 is 23.2 Å². The molecule has 0 bridgehead atoms. The first-order valence-corrected chi connectivity index (χ1v) is 14.6. The number of nitrogens with two attached hydrogens (primary N) is 3. The van der Waals surface area contributed by atoms with Gasteiger partial charge in [-0.2, -0.15) is 0 Å². The summed E-state index contributed by atoms with van der Waals surface area (Å²) >= 11 is 0. The van der Waals surface area contributed by atoms with Gasteiger partial charge < -0.3 is 0 Å². The topological polar surface area (TPSA) is 93.3 Å². The quantitative estimate of drug-likeness (QED) is 0.244. The van der Waals surface area contributed by atoms with Gasteiger partial charge in [0.1, 0.15) is 0 Å². The van der Waals surface area contributed by atoms with E-state index in [1.165, 1.54) is 15.9 Å². The van der Waals surface area contributed by atoms with Crippen LogP contribution in [0.4, 0.5) is 0 Å². The first-order valence-electron chi connectivity index (χ1n) is 12.4. The van der Waals surface area contributed by atoms with Gasteiger partial charge in [-0.3, -0.25) is 0 Å². The van der Waals surface area contributed by atoms with Crippen molar-refractivity contribution in [1.29, 1.82) is 0 Å². The Morgan fingerprint density at radius 2 is 1.09 bits per heavy atom. The Hall–Kier alpha value is -2.11. The van der Waals surface area contributed by atoms with Gasteiger partial charge in [0, 0.05) is 0 Å². The predicted molar refractivity (Wildman–Crippen MR) is 155 cm³/mol. The zero-order valence-corrected chi connectivity index (χ0v) is 22.9. The molecular weight excluding hydrogens is 449 g/mol. The molecule has 0 aliphatic rings. The van der Waals surface area contributed by atoms with Crippen molar-refractivity contribution in [3.63, 3.8) is 0 Å². The maximum absolute atomic E-state index is 6.39. The van der Waals surface area contributed by atoms with Gasteiger partial charge in [-0.15, -0.1) is 0 Å². The second-order valence-electron chi connectivity index (χ2n) is 11.2. The first kappa shape index (κ1) is 27.5. The Kier molecular flexibility index (Phi) is 8.87. The SMILES string of the molecule is CN(C(N)N)C(N)NC(C)(C)CC(C)(C)C[PH](c1ccccc1)(c1ccccc1)c1ccccc1. The number of rotatable bonds is 11. The molecule has 7 N–H and O–H groups in total. The van der Waals surface area contributed by atoms with Crippen LogP contribution in [0.2, 0.25) is 0 Å². The van der Waals surface area contributed by atoms with E-state index in [4.69, 9.17) is 17.2 Å². The number of hydrogen-bond acceptors (Lipinski definition) is 5. The van der Waals surface area contributed by atoms with Crippen LogP contribution in [0.1, 0.15) is 34.1 Å². The molecule has 0 saturated heterocycles. The molecule has 3 aromatic carbocycles. The van der Waals surface area contributed by atoms with Crippen LogP contribution >= 0.6 is 7.26 Å². The summed E-state index contributed by atoms with van der Waals surface area (Å²) in [6.45, 7) is 9.19. The van der Waals surface area contributed by atoms with Crippen molar-refractivity contribution in [3.8, 4) is 0 Å². The Morgan fingerprint density at radius 3 is 1.43 bits per heavy atom. The minimum atomic E-state index is -2.35. The fraction of sp³-hybridized carbons (Fsp3) is 0.379. The van der Waals surface area contributed by atoms with Crippen molar-refractivity contribution in [2.75, 3.05) is 13.2 Å². The number of hydrogen-bond donors (Lipinski definition) is 4. The van der Waals surface area contributed by atoms with Crippen molar-refractivity contribution in [1.82, 2.24) is 10.2 Å². The van der Waals surface area contributed by atoms with Crippen LogP contribution in [0.25, 0.3) is 0 Å². The van der Waals surface area contributed by atoms with E-state index in [9.17, 15) is 0 Å². The summed E-state index contributed by atoms with van der Waals surface area (Å²) in [5, 5.41) is 7.85. The Labute approximate surface area is 212 Å². The molecule has 0 radical (unpaired) electrons. The van der Waals surface area contributed by atoms with Gasteiger partial charge in [-0.1, -0.05) is 0 Å².